The minimum absolute atomic E-state index is 0.358. The second-order valence-electron chi connectivity index (χ2n) is 4.94. The molecule has 1 aromatic heterocycles. The summed E-state index contributed by atoms with van der Waals surface area (Å²) in [5, 5.41) is 10.9. The number of phenols is 1. The molecule has 0 aliphatic carbocycles. The molecule has 0 spiro atoms. The second-order valence-corrected chi connectivity index (χ2v) is 4.94. The van der Waals surface area contributed by atoms with Gasteiger partial charge in [-0.05, 0) is 43.5 Å². The summed E-state index contributed by atoms with van der Waals surface area (Å²) < 4.78 is 0. The Balaban J connectivity index is 2.49. The lowest BCUT2D eigenvalue weighted by Gasteiger charge is -2.26. The largest absolute Gasteiger partial charge is 0.507 e. The van der Waals surface area contributed by atoms with Gasteiger partial charge in [0.05, 0.1) is 0 Å². The maximum absolute atomic E-state index is 9.98. The van der Waals surface area contributed by atoms with E-state index in [0.29, 0.717) is 17.5 Å². The van der Waals surface area contributed by atoms with E-state index in [1.165, 1.54) is 5.56 Å². The number of aromatic amines is 1. The number of fused-ring (bicyclic) bond motifs is 1. The summed E-state index contributed by atoms with van der Waals surface area (Å²) in [6.45, 7) is 0. The number of rotatable bonds is 3. The molecule has 2 unspecified atom stereocenters. The molecule has 1 aromatic carbocycles. The van der Waals surface area contributed by atoms with Crippen LogP contribution in [0.2, 0.25) is 0 Å². The second kappa shape index (κ2) is 4.49. The van der Waals surface area contributed by atoms with Gasteiger partial charge < -0.3 is 15.0 Å². The molecule has 17 heavy (non-hydrogen) atoms. The zero-order valence-corrected chi connectivity index (χ0v) is 10.9. The number of hydrogen-bond donors (Lipinski definition) is 2. The average molecular weight is 228 g/mol. The molecule has 2 N–H and O–H groups in total. The first kappa shape index (κ1) is 12.1. The smallest absolute Gasteiger partial charge is 0.125 e. The number of nitrogens with one attached hydrogen (secondary N) is 1. The van der Waals surface area contributed by atoms with Crippen molar-refractivity contribution in [2.75, 3.05) is 14.1 Å². The maximum atomic E-state index is 9.98. The van der Waals surface area contributed by atoms with Crippen molar-refractivity contribution in [3.63, 3.8) is 0 Å². The summed E-state index contributed by atoms with van der Waals surface area (Å²) >= 11 is 0. The fourth-order valence-corrected chi connectivity index (χ4v) is 2.26. The fourth-order valence-electron chi connectivity index (χ4n) is 2.26. The molecule has 0 saturated carbocycles. The van der Waals surface area contributed by atoms with Crippen LogP contribution in [-0.2, 0) is 0 Å². The summed E-state index contributed by atoms with van der Waals surface area (Å²) in [5.74, 6) is 1.15. The van der Waals surface area contributed by atoms with Gasteiger partial charge in [-0.15, -0.1) is 0 Å². The predicted molar refractivity (Wildman–Crippen MR) is 77.3 cm³/mol. The lowest BCUT2D eigenvalue weighted by Crippen LogP contribution is -2.34. The molecule has 0 amide bonds. The van der Waals surface area contributed by atoms with Gasteiger partial charge in [-0.25, -0.2) is 0 Å². The minimum Gasteiger partial charge on any atom is -0.507 e. The van der Waals surface area contributed by atoms with Gasteiger partial charge in [0.2, 0.25) is 0 Å². The van der Waals surface area contributed by atoms with Crippen molar-refractivity contribution in [1.82, 2.24) is 9.88 Å². The standard InChI is InChI=1S/C12H18B2N2O/c1-16(2)12(14)11(13)7-6-15-8-4-3-5-9(17)10(7)8/h3-6,11-12,15,17H,13-14H2,1-2H3. The Labute approximate surface area is 104 Å². The Bertz CT molecular complexity index is 524. The van der Waals surface area contributed by atoms with Crippen molar-refractivity contribution in [2.45, 2.75) is 11.8 Å². The van der Waals surface area contributed by atoms with Gasteiger partial charge in [0, 0.05) is 17.1 Å². The highest BCUT2D eigenvalue weighted by Crippen LogP contribution is 2.32. The van der Waals surface area contributed by atoms with Crippen molar-refractivity contribution in [1.29, 1.82) is 0 Å². The third-order valence-corrected chi connectivity index (χ3v) is 3.74. The molecule has 0 fully saturated rings. The van der Waals surface area contributed by atoms with E-state index in [0.717, 1.165) is 10.9 Å². The molecule has 0 radical (unpaired) electrons. The Morgan fingerprint density at radius 3 is 2.65 bits per heavy atom. The fraction of sp³-hybridized carbons (Fsp3) is 0.333. The van der Waals surface area contributed by atoms with Crippen LogP contribution in [0.25, 0.3) is 10.9 Å². The third-order valence-electron chi connectivity index (χ3n) is 3.74. The van der Waals surface area contributed by atoms with Crippen LogP contribution in [0.5, 0.6) is 5.75 Å². The van der Waals surface area contributed by atoms with Crippen molar-refractivity contribution in [3.05, 3.63) is 30.0 Å². The highest BCUT2D eigenvalue weighted by molar-refractivity contribution is 6.22. The average Bonchev–Trinajstić information content (AvgIpc) is 2.72. The first-order valence-corrected chi connectivity index (χ1v) is 5.97. The summed E-state index contributed by atoms with van der Waals surface area (Å²) in [4.78, 5) is 5.42. The van der Waals surface area contributed by atoms with Crippen LogP contribution in [0.4, 0.5) is 0 Å². The number of likely N-dealkylation sites (N-methyl/N-ethyl adjacent to an activating group) is 1. The first-order chi connectivity index (χ1) is 8.02. The molecule has 2 atom stereocenters. The lowest BCUT2D eigenvalue weighted by molar-refractivity contribution is 0.367. The summed E-state index contributed by atoms with van der Waals surface area (Å²) in [6, 6.07) is 5.59. The van der Waals surface area contributed by atoms with Gasteiger partial charge in [0.25, 0.3) is 0 Å². The Morgan fingerprint density at radius 1 is 1.29 bits per heavy atom. The van der Waals surface area contributed by atoms with E-state index >= 15 is 0 Å². The van der Waals surface area contributed by atoms with Crippen molar-refractivity contribution in [2.24, 2.45) is 0 Å². The first-order valence-electron chi connectivity index (χ1n) is 5.97. The third kappa shape index (κ3) is 2.07. The molecule has 2 rings (SSSR count). The number of phenolic OH excluding ortho intramolecular Hbond substituents is 1. The van der Waals surface area contributed by atoms with Crippen LogP contribution in [0.15, 0.2) is 24.4 Å². The molecule has 2 aromatic rings. The van der Waals surface area contributed by atoms with Crippen LogP contribution in [0.1, 0.15) is 11.4 Å². The van der Waals surface area contributed by atoms with Crippen LogP contribution in [-0.4, -0.2) is 50.7 Å². The lowest BCUT2D eigenvalue weighted by atomic mass is 9.67. The number of nitrogens with zero attached hydrogens (tertiary/aromatic N) is 1. The number of H-pyrrole nitrogens is 1. The van der Waals surface area contributed by atoms with Crippen LogP contribution < -0.4 is 0 Å². The maximum Gasteiger partial charge on any atom is 0.125 e. The van der Waals surface area contributed by atoms with Crippen molar-refractivity contribution < 1.29 is 5.11 Å². The quantitative estimate of drug-likeness (QED) is 0.729. The zero-order chi connectivity index (χ0) is 12.6. The van der Waals surface area contributed by atoms with Gasteiger partial charge in [-0.2, -0.15) is 0 Å². The Morgan fingerprint density at radius 2 is 2.00 bits per heavy atom. The highest BCUT2D eigenvalue weighted by Gasteiger charge is 2.20. The van der Waals surface area contributed by atoms with Crippen LogP contribution in [0, 0.1) is 0 Å². The van der Waals surface area contributed by atoms with Gasteiger partial charge in [-0.1, -0.05) is 6.07 Å². The molecular formula is C12H18B2N2O. The number of hydrogen-bond acceptors (Lipinski definition) is 2. The normalized spacial score (nSPS) is 15.2. The van der Waals surface area contributed by atoms with Crippen molar-refractivity contribution in [3.8, 4) is 5.75 Å². The zero-order valence-electron chi connectivity index (χ0n) is 10.9. The molecular weight excluding hydrogens is 210 g/mol. The van der Waals surface area contributed by atoms with E-state index in [2.05, 4.69) is 39.7 Å². The van der Waals surface area contributed by atoms with E-state index in [1.54, 1.807) is 6.07 Å². The summed E-state index contributed by atoms with van der Waals surface area (Å²) in [5.41, 5.74) is 2.18. The van der Waals surface area contributed by atoms with Crippen molar-refractivity contribution >= 4 is 26.6 Å². The van der Waals surface area contributed by atoms with E-state index in [-0.39, 0.29) is 0 Å². The molecule has 88 valence electrons. The molecule has 0 saturated heterocycles. The van der Waals surface area contributed by atoms with Gasteiger partial charge in [0.15, 0.2) is 0 Å². The monoisotopic (exact) mass is 228 g/mol. The predicted octanol–water partition coefficient (Wildman–Crippen LogP) is 0.0685. The van der Waals surface area contributed by atoms with E-state index < -0.39 is 0 Å². The molecule has 0 aliphatic heterocycles. The van der Waals surface area contributed by atoms with E-state index in [1.807, 2.05) is 18.3 Å². The van der Waals surface area contributed by atoms with E-state index in [9.17, 15) is 5.11 Å². The topological polar surface area (TPSA) is 39.3 Å². The van der Waals surface area contributed by atoms with E-state index in [4.69, 9.17) is 0 Å². The molecule has 5 heteroatoms. The minimum atomic E-state index is 0.358. The van der Waals surface area contributed by atoms with Crippen LogP contribution in [0.3, 0.4) is 0 Å². The molecule has 0 aliphatic rings. The van der Waals surface area contributed by atoms with Gasteiger partial charge >= 0.3 is 0 Å². The highest BCUT2D eigenvalue weighted by atomic mass is 16.3. The Kier molecular flexibility index (Phi) is 3.20. The van der Waals surface area contributed by atoms with Crippen LogP contribution >= 0.6 is 0 Å². The summed E-state index contributed by atoms with van der Waals surface area (Å²) in [7, 11) is 8.55. The summed E-state index contributed by atoms with van der Waals surface area (Å²) in [6.07, 6.45) is 2.01. The number of aromatic nitrogens is 1. The van der Waals surface area contributed by atoms with Gasteiger partial charge in [-0.3, -0.25) is 0 Å². The van der Waals surface area contributed by atoms with Gasteiger partial charge in [0.1, 0.15) is 21.4 Å². The molecule has 3 nitrogen and oxygen atoms in total. The molecule has 1 heterocycles. The Hall–Kier alpha value is -1.35. The molecule has 0 bridgehead atoms. The number of benzene rings is 1. The number of aromatic hydroxyl groups is 1. The SMILES string of the molecule is BC(c1c[nH]c2cccc(O)c12)C(B)N(C)C.